The minimum Gasteiger partial charge on any atom is -0.490 e. The summed E-state index contributed by atoms with van der Waals surface area (Å²) in [5, 5.41) is 16.6. The molecule has 0 aromatic heterocycles. The number of nitrogens with zero attached hydrogens (tertiary/aromatic N) is 1. The van der Waals surface area contributed by atoms with Crippen LogP contribution in [0, 0.1) is 10.1 Å². The average molecular weight is 355 g/mol. The molecule has 1 aliphatic carbocycles. The molecule has 1 saturated carbocycles. The van der Waals surface area contributed by atoms with Crippen LogP contribution in [0.1, 0.15) is 33.6 Å². The molecule has 2 N–H and O–H groups in total. The third-order valence-corrected chi connectivity index (χ3v) is 3.93. The van der Waals surface area contributed by atoms with Crippen LogP contribution in [0.25, 0.3) is 0 Å². The van der Waals surface area contributed by atoms with Gasteiger partial charge in [0.1, 0.15) is 0 Å². The Labute approximate surface area is 149 Å². The first-order valence-corrected chi connectivity index (χ1v) is 8.02. The first-order valence-electron chi connectivity index (χ1n) is 8.02. The van der Waals surface area contributed by atoms with Gasteiger partial charge in [-0.25, -0.2) is 0 Å². The molecule has 0 spiro atoms. The molecule has 2 amide bonds. The number of rotatable bonds is 6. The second-order valence-electron chi connectivity index (χ2n) is 5.93. The summed E-state index contributed by atoms with van der Waals surface area (Å²) in [7, 11) is 1.32. The van der Waals surface area contributed by atoms with Gasteiger partial charge >= 0.3 is 5.69 Å². The normalized spacial score (nSPS) is 13.0. The molecule has 2 aromatic rings. The van der Waals surface area contributed by atoms with E-state index in [2.05, 4.69) is 10.6 Å². The van der Waals surface area contributed by atoms with E-state index in [0.29, 0.717) is 11.3 Å². The van der Waals surface area contributed by atoms with E-state index in [0.717, 1.165) is 18.9 Å². The van der Waals surface area contributed by atoms with Crippen molar-refractivity contribution in [3.63, 3.8) is 0 Å². The fraction of sp³-hybridized carbons (Fsp3) is 0.222. The Balaban J connectivity index is 1.76. The Morgan fingerprint density at radius 2 is 1.85 bits per heavy atom. The lowest BCUT2D eigenvalue weighted by molar-refractivity contribution is -0.385. The maximum Gasteiger partial charge on any atom is 0.311 e. The van der Waals surface area contributed by atoms with Crippen LogP contribution in [0.3, 0.4) is 0 Å². The molecular weight excluding hydrogens is 338 g/mol. The molecule has 1 aliphatic rings. The summed E-state index contributed by atoms with van der Waals surface area (Å²) in [6.07, 6.45) is 1.97. The van der Waals surface area contributed by atoms with Crippen LogP contribution in [0.4, 0.5) is 11.4 Å². The molecule has 26 heavy (non-hydrogen) atoms. The summed E-state index contributed by atoms with van der Waals surface area (Å²) in [5.74, 6) is -0.635. The highest BCUT2D eigenvalue weighted by Gasteiger charge is 2.24. The number of nitro groups is 1. The van der Waals surface area contributed by atoms with Crippen LogP contribution in [-0.2, 0) is 0 Å². The number of nitro benzene ring substituents is 1. The molecule has 0 radical (unpaired) electrons. The highest BCUT2D eigenvalue weighted by molar-refractivity contribution is 6.05. The molecule has 8 heteroatoms. The lowest BCUT2D eigenvalue weighted by atomic mass is 10.1. The van der Waals surface area contributed by atoms with Crippen molar-refractivity contribution in [2.45, 2.75) is 18.9 Å². The van der Waals surface area contributed by atoms with Gasteiger partial charge in [-0.15, -0.1) is 0 Å². The van der Waals surface area contributed by atoms with E-state index in [1.165, 1.54) is 19.2 Å². The third-order valence-electron chi connectivity index (χ3n) is 3.93. The molecule has 1 fully saturated rings. The van der Waals surface area contributed by atoms with Crippen molar-refractivity contribution in [2.24, 2.45) is 0 Å². The highest BCUT2D eigenvalue weighted by atomic mass is 16.6. The van der Waals surface area contributed by atoms with E-state index in [4.69, 9.17) is 4.74 Å². The van der Waals surface area contributed by atoms with Crippen LogP contribution >= 0.6 is 0 Å². The molecule has 134 valence electrons. The summed E-state index contributed by atoms with van der Waals surface area (Å²) >= 11 is 0. The van der Waals surface area contributed by atoms with Crippen LogP contribution in [0.5, 0.6) is 5.75 Å². The van der Waals surface area contributed by atoms with Gasteiger partial charge in [0, 0.05) is 28.9 Å². The van der Waals surface area contributed by atoms with Gasteiger partial charge in [-0.1, -0.05) is 6.07 Å². The van der Waals surface area contributed by atoms with Crippen molar-refractivity contribution in [2.75, 3.05) is 12.4 Å². The molecule has 0 atom stereocenters. The fourth-order valence-electron chi connectivity index (χ4n) is 2.41. The van der Waals surface area contributed by atoms with Gasteiger partial charge in [0.2, 0.25) is 0 Å². The molecule has 0 bridgehead atoms. The van der Waals surface area contributed by atoms with E-state index in [-0.39, 0.29) is 28.9 Å². The Hall–Kier alpha value is -3.42. The summed E-state index contributed by atoms with van der Waals surface area (Å²) in [5.41, 5.74) is 0.690. The minimum atomic E-state index is -0.613. The first-order chi connectivity index (χ1) is 12.5. The lowest BCUT2D eigenvalue weighted by Gasteiger charge is -2.09. The first kappa shape index (κ1) is 17.4. The SMILES string of the molecule is COc1ccc(C(=O)Nc2cccc(C(=O)NC3CC3)c2)cc1[N+](=O)[O-]. The number of carbonyl (C=O) groups is 2. The van der Waals surface area contributed by atoms with Gasteiger partial charge in [-0.3, -0.25) is 19.7 Å². The van der Waals surface area contributed by atoms with Crippen molar-refractivity contribution in [1.82, 2.24) is 5.32 Å². The zero-order valence-corrected chi connectivity index (χ0v) is 14.0. The standard InChI is InChI=1S/C18H17N3O5/c1-26-16-8-5-12(10-15(16)21(24)25)18(23)20-14-4-2-3-11(9-14)17(22)19-13-6-7-13/h2-5,8-10,13H,6-7H2,1H3,(H,19,22)(H,20,23). The molecule has 0 saturated heterocycles. The highest BCUT2D eigenvalue weighted by Crippen LogP contribution is 2.28. The lowest BCUT2D eigenvalue weighted by Crippen LogP contribution is -2.25. The molecule has 0 heterocycles. The van der Waals surface area contributed by atoms with Crippen molar-refractivity contribution in [1.29, 1.82) is 0 Å². The Morgan fingerprint density at radius 1 is 1.12 bits per heavy atom. The predicted molar refractivity (Wildman–Crippen MR) is 94.5 cm³/mol. The van der Waals surface area contributed by atoms with Crippen LogP contribution in [-0.4, -0.2) is 29.9 Å². The maximum absolute atomic E-state index is 12.4. The second-order valence-corrected chi connectivity index (χ2v) is 5.93. The van der Waals surface area contributed by atoms with Crippen LogP contribution in [0.2, 0.25) is 0 Å². The maximum atomic E-state index is 12.4. The molecule has 0 aliphatic heterocycles. The number of benzene rings is 2. The molecule has 3 rings (SSSR count). The third kappa shape index (κ3) is 3.97. The number of anilines is 1. The van der Waals surface area contributed by atoms with Gasteiger partial charge in [0.25, 0.3) is 11.8 Å². The zero-order valence-electron chi connectivity index (χ0n) is 14.0. The number of amides is 2. The van der Waals surface area contributed by atoms with E-state index in [1.807, 2.05) is 0 Å². The fourth-order valence-corrected chi connectivity index (χ4v) is 2.41. The summed E-state index contributed by atoms with van der Waals surface area (Å²) < 4.78 is 4.92. The van der Waals surface area contributed by atoms with Gasteiger partial charge < -0.3 is 15.4 Å². The number of nitrogens with one attached hydrogen (secondary N) is 2. The van der Waals surface area contributed by atoms with Crippen LogP contribution < -0.4 is 15.4 Å². The number of hydrogen-bond donors (Lipinski definition) is 2. The van der Waals surface area contributed by atoms with E-state index >= 15 is 0 Å². The van der Waals surface area contributed by atoms with E-state index < -0.39 is 10.8 Å². The van der Waals surface area contributed by atoms with Crippen LogP contribution in [0.15, 0.2) is 42.5 Å². The Kier molecular flexibility index (Phi) is 4.83. The van der Waals surface area contributed by atoms with E-state index in [1.54, 1.807) is 24.3 Å². The topological polar surface area (TPSA) is 111 Å². The molecule has 0 unspecified atom stereocenters. The Bertz CT molecular complexity index is 877. The van der Waals surface area contributed by atoms with Gasteiger partial charge in [-0.2, -0.15) is 0 Å². The molecule has 2 aromatic carbocycles. The Morgan fingerprint density at radius 3 is 2.50 bits per heavy atom. The summed E-state index contributed by atoms with van der Waals surface area (Å²) in [6, 6.07) is 10.7. The summed E-state index contributed by atoms with van der Waals surface area (Å²) in [6.45, 7) is 0. The second kappa shape index (κ2) is 7.22. The van der Waals surface area contributed by atoms with Crippen molar-refractivity contribution in [3.05, 3.63) is 63.7 Å². The van der Waals surface area contributed by atoms with Crippen molar-refractivity contribution < 1.29 is 19.2 Å². The number of carbonyl (C=O) groups excluding carboxylic acids is 2. The number of ether oxygens (including phenoxy) is 1. The van der Waals surface area contributed by atoms with Gasteiger partial charge in [-0.05, 0) is 43.2 Å². The minimum absolute atomic E-state index is 0.0743. The largest absolute Gasteiger partial charge is 0.490 e. The zero-order chi connectivity index (χ0) is 18.7. The summed E-state index contributed by atoms with van der Waals surface area (Å²) in [4.78, 5) is 34.9. The van der Waals surface area contributed by atoms with Gasteiger partial charge in [0.15, 0.2) is 5.75 Å². The van der Waals surface area contributed by atoms with Crippen molar-refractivity contribution >= 4 is 23.2 Å². The molecular formula is C18H17N3O5. The van der Waals surface area contributed by atoms with Gasteiger partial charge in [0.05, 0.1) is 12.0 Å². The monoisotopic (exact) mass is 355 g/mol. The predicted octanol–water partition coefficient (Wildman–Crippen LogP) is 2.75. The number of methoxy groups -OCH3 is 1. The average Bonchev–Trinajstić information content (AvgIpc) is 3.45. The smallest absolute Gasteiger partial charge is 0.311 e. The molecule has 8 nitrogen and oxygen atoms in total. The van der Waals surface area contributed by atoms with Crippen molar-refractivity contribution in [3.8, 4) is 5.75 Å². The number of hydrogen-bond acceptors (Lipinski definition) is 5. The van der Waals surface area contributed by atoms with E-state index in [9.17, 15) is 19.7 Å². The quantitative estimate of drug-likeness (QED) is 0.611.